The Morgan fingerprint density at radius 3 is 2.17 bits per heavy atom. The van der Waals surface area contributed by atoms with Crippen molar-refractivity contribution in [2.75, 3.05) is 31.2 Å². The third-order valence-corrected chi connectivity index (χ3v) is 10.2. The molecule has 4 aliphatic rings. The van der Waals surface area contributed by atoms with Crippen LogP contribution in [0.4, 0.5) is 5.69 Å². The van der Waals surface area contributed by atoms with Gasteiger partial charge in [-0.15, -0.1) is 0 Å². The van der Waals surface area contributed by atoms with Gasteiger partial charge in [0.1, 0.15) is 17.4 Å². The number of hydrogen-bond donors (Lipinski definition) is 1. The van der Waals surface area contributed by atoms with Crippen molar-refractivity contribution in [1.29, 1.82) is 0 Å². The second-order valence-electron chi connectivity index (χ2n) is 13.2. The van der Waals surface area contributed by atoms with E-state index in [9.17, 15) is 19.5 Å². The highest BCUT2D eigenvalue weighted by Crippen LogP contribution is 2.58. The fourth-order valence-corrected chi connectivity index (χ4v) is 8.10. The van der Waals surface area contributed by atoms with Crippen LogP contribution in [0.1, 0.15) is 25.0 Å². The molecule has 9 nitrogen and oxygen atoms in total. The zero-order valence-electron chi connectivity index (χ0n) is 27.3. The summed E-state index contributed by atoms with van der Waals surface area (Å²) in [5, 5.41) is 10.8. The lowest BCUT2D eigenvalue weighted by Crippen LogP contribution is -2.59. The molecule has 0 radical (unpaired) electrons. The predicted octanol–water partition coefficient (Wildman–Crippen LogP) is 4.16. The molecule has 1 spiro atoms. The molecule has 3 amide bonds. The van der Waals surface area contributed by atoms with E-state index < -0.39 is 35.1 Å². The minimum absolute atomic E-state index is 0.252. The summed E-state index contributed by atoms with van der Waals surface area (Å²) in [5.74, 6) is -2.10. The van der Waals surface area contributed by atoms with E-state index in [0.29, 0.717) is 44.1 Å². The summed E-state index contributed by atoms with van der Waals surface area (Å²) >= 11 is 0. The highest BCUT2D eigenvalue weighted by atomic mass is 16.5. The van der Waals surface area contributed by atoms with Crippen molar-refractivity contribution >= 4 is 23.4 Å². The standard InChI is InChI=1S/C39H41N3O6/c1-3-47-31-18-16-29(17-19-31)41-23-10-20-38(2)32(35(41)44)33-36(45)42(30(26-43)24-27-12-6-4-7-13-27)34-37(46)40(22-11-21-39(33,34)48-38)25-28-14-8-5-9-15-28/h4-21,30,32-34,43H,3,22-26H2,1-2H3/t30-,32+,33+,34?,38-,39+/m1/s1. The third kappa shape index (κ3) is 5.31. The molecular weight excluding hydrogens is 606 g/mol. The summed E-state index contributed by atoms with van der Waals surface area (Å²) in [4.78, 5) is 49.5. The number of ether oxygens (including phenoxy) is 2. The van der Waals surface area contributed by atoms with E-state index in [1.807, 2.05) is 123 Å². The van der Waals surface area contributed by atoms with Gasteiger partial charge in [-0.3, -0.25) is 14.4 Å². The Hall–Kier alpha value is -4.73. The molecule has 2 saturated heterocycles. The summed E-state index contributed by atoms with van der Waals surface area (Å²) in [7, 11) is 0. The molecule has 7 rings (SSSR count). The number of fused-ring (bicyclic) bond motifs is 2. The largest absolute Gasteiger partial charge is 0.494 e. The van der Waals surface area contributed by atoms with Gasteiger partial charge in [0.15, 0.2) is 0 Å². The first-order valence-corrected chi connectivity index (χ1v) is 16.7. The minimum Gasteiger partial charge on any atom is -0.494 e. The van der Waals surface area contributed by atoms with Gasteiger partial charge in [-0.2, -0.15) is 0 Å². The van der Waals surface area contributed by atoms with Crippen LogP contribution in [0.3, 0.4) is 0 Å². The maximum absolute atomic E-state index is 15.0. The molecule has 1 unspecified atom stereocenters. The van der Waals surface area contributed by atoms with Crippen LogP contribution in [0.15, 0.2) is 109 Å². The maximum atomic E-state index is 15.0. The second kappa shape index (κ2) is 12.7. The molecule has 4 heterocycles. The van der Waals surface area contributed by atoms with Crippen LogP contribution in [-0.2, 0) is 32.1 Å². The first-order valence-electron chi connectivity index (χ1n) is 16.7. The van der Waals surface area contributed by atoms with E-state index in [1.54, 1.807) is 9.80 Å². The summed E-state index contributed by atoms with van der Waals surface area (Å²) < 4.78 is 12.6. The summed E-state index contributed by atoms with van der Waals surface area (Å²) in [5.41, 5.74) is -0.0237. The van der Waals surface area contributed by atoms with Gasteiger partial charge < -0.3 is 29.3 Å². The number of hydrogen-bond acceptors (Lipinski definition) is 6. The van der Waals surface area contributed by atoms with Crippen LogP contribution in [0.5, 0.6) is 5.75 Å². The van der Waals surface area contributed by atoms with Crippen molar-refractivity contribution in [2.24, 2.45) is 11.8 Å². The molecule has 0 bridgehead atoms. The van der Waals surface area contributed by atoms with Crippen molar-refractivity contribution < 1.29 is 29.0 Å². The van der Waals surface area contributed by atoms with Crippen LogP contribution >= 0.6 is 0 Å². The van der Waals surface area contributed by atoms with E-state index >= 15 is 0 Å². The summed E-state index contributed by atoms with van der Waals surface area (Å²) in [6.45, 7) is 4.89. The number of anilines is 1. The fourth-order valence-electron chi connectivity index (χ4n) is 8.10. The van der Waals surface area contributed by atoms with Gasteiger partial charge in [0.2, 0.25) is 17.7 Å². The number of carbonyl (C=O) groups is 3. The van der Waals surface area contributed by atoms with Crippen molar-refractivity contribution in [3.63, 3.8) is 0 Å². The van der Waals surface area contributed by atoms with Crippen LogP contribution < -0.4 is 9.64 Å². The van der Waals surface area contributed by atoms with Gasteiger partial charge in [-0.1, -0.05) is 85.0 Å². The number of nitrogens with zero attached hydrogens (tertiary/aromatic N) is 3. The first-order chi connectivity index (χ1) is 23.3. The SMILES string of the molecule is CCOc1ccc(N2CC=C[C@@]3(C)O[C@]45C=CCN(Cc6ccccc6)C(=O)C4N([C@@H](CO)Cc4ccccc4)C(=O)[C@@H]5[C@H]3C2=O)cc1. The average molecular weight is 648 g/mol. The van der Waals surface area contributed by atoms with Gasteiger partial charge in [0.25, 0.3) is 0 Å². The first kappa shape index (κ1) is 31.8. The zero-order valence-corrected chi connectivity index (χ0v) is 27.3. The monoisotopic (exact) mass is 647 g/mol. The number of carbonyl (C=O) groups excluding carboxylic acids is 3. The van der Waals surface area contributed by atoms with Gasteiger partial charge >= 0.3 is 0 Å². The molecule has 248 valence electrons. The lowest BCUT2D eigenvalue weighted by atomic mass is 9.74. The van der Waals surface area contributed by atoms with Crippen molar-refractivity contribution in [1.82, 2.24) is 9.80 Å². The Kier molecular flexibility index (Phi) is 8.43. The summed E-state index contributed by atoms with van der Waals surface area (Å²) in [6.07, 6.45) is 7.86. The molecule has 6 atom stereocenters. The van der Waals surface area contributed by atoms with Crippen molar-refractivity contribution in [3.8, 4) is 5.75 Å². The molecule has 4 aliphatic heterocycles. The molecule has 9 heteroatoms. The van der Waals surface area contributed by atoms with Gasteiger partial charge in [0, 0.05) is 25.3 Å². The molecule has 0 aliphatic carbocycles. The van der Waals surface area contributed by atoms with E-state index in [2.05, 4.69) is 0 Å². The Morgan fingerprint density at radius 2 is 1.50 bits per heavy atom. The highest BCUT2D eigenvalue weighted by Gasteiger charge is 2.75. The van der Waals surface area contributed by atoms with Crippen LogP contribution in [-0.4, -0.2) is 82.2 Å². The molecule has 0 saturated carbocycles. The molecule has 0 aromatic heterocycles. The molecule has 3 aromatic carbocycles. The third-order valence-electron chi connectivity index (χ3n) is 10.2. The van der Waals surface area contributed by atoms with E-state index in [1.165, 1.54) is 4.90 Å². The van der Waals surface area contributed by atoms with Gasteiger partial charge in [0.05, 0.1) is 36.7 Å². The molecule has 2 fully saturated rings. The number of aliphatic hydroxyl groups is 1. The Bertz CT molecular complexity index is 1730. The number of amides is 3. The van der Waals surface area contributed by atoms with E-state index in [0.717, 1.165) is 11.1 Å². The van der Waals surface area contributed by atoms with Gasteiger partial charge in [-0.25, -0.2) is 0 Å². The quantitative estimate of drug-likeness (QED) is 0.351. The fraction of sp³-hybridized carbons (Fsp3) is 0.359. The Balaban J connectivity index is 1.31. The highest BCUT2D eigenvalue weighted by molar-refractivity contribution is 6.04. The maximum Gasteiger partial charge on any atom is 0.249 e. The average Bonchev–Trinajstić information content (AvgIpc) is 3.38. The topological polar surface area (TPSA) is 99.6 Å². The predicted molar refractivity (Wildman–Crippen MR) is 181 cm³/mol. The lowest BCUT2D eigenvalue weighted by molar-refractivity contribution is -0.154. The Morgan fingerprint density at radius 1 is 0.833 bits per heavy atom. The minimum atomic E-state index is -1.43. The zero-order chi connectivity index (χ0) is 33.5. The number of benzene rings is 3. The molecule has 1 N–H and O–H groups in total. The number of likely N-dealkylation sites (tertiary alicyclic amines) is 1. The molecule has 48 heavy (non-hydrogen) atoms. The number of rotatable bonds is 9. The van der Waals surface area contributed by atoms with E-state index in [-0.39, 0.29) is 24.3 Å². The van der Waals surface area contributed by atoms with Crippen molar-refractivity contribution in [3.05, 3.63) is 120 Å². The second-order valence-corrected chi connectivity index (χ2v) is 13.2. The van der Waals surface area contributed by atoms with E-state index in [4.69, 9.17) is 9.47 Å². The Labute approximate surface area is 281 Å². The van der Waals surface area contributed by atoms with Crippen LogP contribution in [0.25, 0.3) is 0 Å². The number of aliphatic hydroxyl groups excluding tert-OH is 1. The normalized spacial score (nSPS) is 28.5. The smallest absolute Gasteiger partial charge is 0.249 e. The molecular formula is C39H41N3O6. The van der Waals surface area contributed by atoms with Crippen LogP contribution in [0, 0.1) is 11.8 Å². The summed E-state index contributed by atoms with van der Waals surface area (Å²) in [6, 6.07) is 24.9. The van der Waals surface area contributed by atoms with Crippen molar-refractivity contribution in [2.45, 2.75) is 50.1 Å². The lowest BCUT2D eigenvalue weighted by Gasteiger charge is -2.40. The van der Waals surface area contributed by atoms with Crippen LogP contribution in [0.2, 0.25) is 0 Å². The molecule has 3 aromatic rings. The van der Waals surface area contributed by atoms with Gasteiger partial charge in [-0.05, 0) is 55.7 Å².